The van der Waals surface area contributed by atoms with Crippen molar-refractivity contribution in [2.75, 3.05) is 5.32 Å². The van der Waals surface area contributed by atoms with E-state index in [1.54, 1.807) is 7.05 Å². The highest BCUT2D eigenvalue weighted by Crippen LogP contribution is 2.12. The number of aromatic nitrogens is 4. The van der Waals surface area contributed by atoms with Crippen molar-refractivity contribution in [2.24, 2.45) is 7.05 Å². The number of carbonyl (C=O) groups excluding carboxylic acids is 1. The minimum Gasteiger partial charge on any atom is -0.310 e. The number of nitrogens with one attached hydrogen (secondary N) is 2. The third-order valence-corrected chi connectivity index (χ3v) is 2.79. The molecule has 0 unspecified atom stereocenters. The van der Waals surface area contributed by atoms with Crippen LogP contribution in [0.4, 0.5) is 5.82 Å². The van der Waals surface area contributed by atoms with Gasteiger partial charge in [0.25, 0.3) is 5.56 Å². The molecule has 108 valence electrons. The first kappa shape index (κ1) is 14.3. The number of nitriles is 1. The van der Waals surface area contributed by atoms with E-state index in [1.807, 2.05) is 6.07 Å². The van der Waals surface area contributed by atoms with Gasteiger partial charge >= 0.3 is 5.69 Å². The topological polar surface area (TPSA) is 126 Å². The number of aromatic amines is 1. The van der Waals surface area contributed by atoms with Crippen molar-refractivity contribution >= 4 is 11.7 Å². The number of hydrogen-bond donors (Lipinski definition) is 2. The van der Waals surface area contributed by atoms with Gasteiger partial charge in [0.05, 0.1) is 6.20 Å². The van der Waals surface area contributed by atoms with Crippen LogP contribution in [0.1, 0.15) is 12.0 Å². The van der Waals surface area contributed by atoms with Crippen LogP contribution in [0, 0.1) is 11.3 Å². The number of aryl methyl sites for hydroxylation is 2. The summed E-state index contributed by atoms with van der Waals surface area (Å²) >= 11 is 0. The highest BCUT2D eigenvalue weighted by Gasteiger charge is 2.11. The van der Waals surface area contributed by atoms with E-state index in [-0.39, 0.29) is 24.4 Å². The van der Waals surface area contributed by atoms with Crippen LogP contribution in [0.3, 0.4) is 0 Å². The number of carbonyl (C=O) groups is 1. The fraction of sp³-hybridized carbons (Fsp3) is 0.250. The largest absolute Gasteiger partial charge is 0.328 e. The number of anilines is 1. The Labute approximate surface area is 118 Å². The zero-order valence-electron chi connectivity index (χ0n) is 11.2. The van der Waals surface area contributed by atoms with E-state index >= 15 is 0 Å². The lowest BCUT2D eigenvalue weighted by molar-refractivity contribution is -0.116. The molecule has 0 aliphatic heterocycles. The molecule has 2 rings (SSSR count). The molecule has 9 nitrogen and oxygen atoms in total. The average molecular weight is 288 g/mol. The van der Waals surface area contributed by atoms with Gasteiger partial charge in [-0.1, -0.05) is 0 Å². The molecule has 0 aliphatic carbocycles. The van der Waals surface area contributed by atoms with Crippen molar-refractivity contribution < 1.29 is 4.79 Å². The Morgan fingerprint density at radius 2 is 2.29 bits per heavy atom. The molecule has 0 radical (unpaired) electrons. The average Bonchev–Trinajstić information content (AvgIpc) is 2.78. The van der Waals surface area contributed by atoms with Gasteiger partial charge in [0.15, 0.2) is 0 Å². The summed E-state index contributed by atoms with van der Waals surface area (Å²) < 4.78 is 2.60. The van der Waals surface area contributed by atoms with Crippen LogP contribution < -0.4 is 16.6 Å². The van der Waals surface area contributed by atoms with Gasteiger partial charge in [-0.2, -0.15) is 10.4 Å². The van der Waals surface area contributed by atoms with E-state index in [0.29, 0.717) is 5.82 Å². The second-order valence-electron chi connectivity index (χ2n) is 4.24. The van der Waals surface area contributed by atoms with Gasteiger partial charge in [-0.3, -0.25) is 19.3 Å². The van der Waals surface area contributed by atoms with Gasteiger partial charge in [-0.25, -0.2) is 4.79 Å². The molecule has 0 aliphatic rings. The molecule has 0 saturated heterocycles. The zero-order valence-corrected chi connectivity index (χ0v) is 11.2. The highest BCUT2D eigenvalue weighted by molar-refractivity contribution is 5.90. The summed E-state index contributed by atoms with van der Waals surface area (Å²) in [7, 11) is 1.60. The fourth-order valence-electron chi connectivity index (χ4n) is 1.70. The van der Waals surface area contributed by atoms with E-state index in [2.05, 4.69) is 15.4 Å². The molecule has 0 bridgehead atoms. The summed E-state index contributed by atoms with van der Waals surface area (Å²) in [4.78, 5) is 36.3. The van der Waals surface area contributed by atoms with Gasteiger partial charge in [-0.15, -0.1) is 0 Å². The van der Waals surface area contributed by atoms with Crippen LogP contribution in [0.15, 0.2) is 28.0 Å². The Balaban J connectivity index is 2.03. The van der Waals surface area contributed by atoms with E-state index < -0.39 is 11.2 Å². The summed E-state index contributed by atoms with van der Waals surface area (Å²) in [5.74, 6) is -0.0653. The summed E-state index contributed by atoms with van der Waals surface area (Å²) in [5.41, 5.74) is -0.810. The van der Waals surface area contributed by atoms with Crippen LogP contribution in [-0.2, 0) is 18.4 Å². The number of H-pyrrole nitrogens is 1. The molecule has 2 aromatic heterocycles. The second-order valence-corrected chi connectivity index (χ2v) is 4.24. The lowest BCUT2D eigenvalue weighted by atomic mass is 10.3. The Bertz CT molecular complexity index is 822. The summed E-state index contributed by atoms with van der Waals surface area (Å²) in [5, 5.41) is 15.3. The smallest absolute Gasteiger partial charge is 0.310 e. The quantitative estimate of drug-likeness (QED) is 0.759. The number of amides is 1. The van der Waals surface area contributed by atoms with Crippen LogP contribution in [0.5, 0.6) is 0 Å². The molecule has 0 aromatic carbocycles. The summed E-state index contributed by atoms with van der Waals surface area (Å²) in [6, 6.07) is 3.12. The fourth-order valence-corrected chi connectivity index (χ4v) is 1.70. The van der Waals surface area contributed by atoms with Gasteiger partial charge in [0.2, 0.25) is 5.91 Å². The molecule has 2 aromatic rings. The van der Waals surface area contributed by atoms with E-state index in [9.17, 15) is 14.4 Å². The lowest BCUT2D eigenvalue weighted by Gasteiger charge is -2.07. The molecule has 9 heteroatoms. The molecule has 0 saturated carbocycles. The predicted molar refractivity (Wildman–Crippen MR) is 72.5 cm³/mol. The highest BCUT2D eigenvalue weighted by atomic mass is 16.2. The summed E-state index contributed by atoms with van der Waals surface area (Å²) in [6.45, 7) is 0.112. The first-order valence-electron chi connectivity index (χ1n) is 6.03. The van der Waals surface area contributed by atoms with Crippen molar-refractivity contribution in [1.29, 1.82) is 5.26 Å². The maximum Gasteiger partial charge on any atom is 0.328 e. The first-order chi connectivity index (χ1) is 10.0. The second kappa shape index (κ2) is 5.87. The van der Waals surface area contributed by atoms with Crippen molar-refractivity contribution in [3.63, 3.8) is 0 Å². The molecule has 0 atom stereocenters. The molecule has 21 heavy (non-hydrogen) atoms. The van der Waals surface area contributed by atoms with Crippen LogP contribution in [0.2, 0.25) is 0 Å². The van der Waals surface area contributed by atoms with Gasteiger partial charge in [0.1, 0.15) is 17.5 Å². The van der Waals surface area contributed by atoms with Gasteiger partial charge in [0, 0.05) is 32.3 Å². The molecule has 0 fully saturated rings. The van der Waals surface area contributed by atoms with Crippen LogP contribution >= 0.6 is 0 Å². The third-order valence-electron chi connectivity index (χ3n) is 2.79. The first-order valence-corrected chi connectivity index (χ1v) is 6.03. The van der Waals surface area contributed by atoms with Crippen LogP contribution in [-0.4, -0.2) is 25.2 Å². The number of hydrogen-bond acceptors (Lipinski definition) is 5. The van der Waals surface area contributed by atoms with E-state index in [0.717, 1.165) is 0 Å². The van der Waals surface area contributed by atoms with Crippen molar-refractivity contribution in [3.05, 3.63) is 44.9 Å². The number of rotatable bonds is 4. The van der Waals surface area contributed by atoms with E-state index in [1.165, 1.54) is 27.7 Å². The maximum absolute atomic E-state index is 11.8. The molecule has 2 N–H and O–H groups in total. The van der Waals surface area contributed by atoms with Gasteiger partial charge < -0.3 is 9.88 Å². The lowest BCUT2D eigenvalue weighted by Crippen LogP contribution is -2.30. The molecule has 0 spiro atoms. The molecule has 2 heterocycles. The minimum absolute atomic E-state index is 0.0159. The standard InChI is InChI=1S/C12H12N6O3/c1-17-11(8(6-13)7-14-17)15-9(19)2-4-18-5-3-10(20)16-12(18)21/h3,5,7H,2,4H2,1H3,(H,15,19)(H,16,20,21). The Morgan fingerprint density at radius 1 is 1.52 bits per heavy atom. The van der Waals surface area contributed by atoms with E-state index in [4.69, 9.17) is 5.26 Å². The Hall–Kier alpha value is -3.15. The zero-order chi connectivity index (χ0) is 15.4. The van der Waals surface area contributed by atoms with Gasteiger partial charge in [-0.05, 0) is 0 Å². The summed E-state index contributed by atoms with van der Waals surface area (Å²) in [6.07, 6.45) is 2.68. The Kier molecular flexibility index (Phi) is 3.99. The molecular formula is C12H12N6O3. The Morgan fingerprint density at radius 3 is 2.95 bits per heavy atom. The monoisotopic (exact) mass is 288 g/mol. The number of nitrogens with zero attached hydrogens (tertiary/aromatic N) is 4. The van der Waals surface area contributed by atoms with Crippen molar-refractivity contribution in [2.45, 2.75) is 13.0 Å². The van der Waals surface area contributed by atoms with Crippen molar-refractivity contribution in [1.82, 2.24) is 19.3 Å². The van der Waals surface area contributed by atoms with Crippen LogP contribution in [0.25, 0.3) is 0 Å². The predicted octanol–water partition coefficient (Wildman–Crippen LogP) is -0.829. The SMILES string of the molecule is Cn1ncc(C#N)c1NC(=O)CCn1ccc(=O)[nH]c1=O. The normalized spacial score (nSPS) is 10.1. The maximum atomic E-state index is 11.8. The third kappa shape index (κ3) is 3.24. The van der Waals surface area contributed by atoms with Crippen molar-refractivity contribution in [3.8, 4) is 6.07 Å². The molecule has 1 amide bonds. The minimum atomic E-state index is -0.575. The molecular weight excluding hydrogens is 276 g/mol.